The van der Waals surface area contributed by atoms with Crippen molar-refractivity contribution in [3.05, 3.63) is 48.2 Å². The van der Waals surface area contributed by atoms with Crippen molar-refractivity contribution in [3.8, 4) is 11.3 Å². The predicted molar refractivity (Wildman–Crippen MR) is 84.0 cm³/mol. The van der Waals surface area contributed by atoms with Crippen molar-refractivity contribution in [1.82, 2.24) is 5.32 Å². The Balaban J connectivity index is 0.000000677. The first kappa shape index (κ1) is 16.8. The summed E-state index contributed by atoms with van der Waals surface area (Å²) in [5.74, 6) is 0.801. The number of rotatable bonds is 4. The van der Waals surface area contributed by atoms with Crippen LogP contribution in [0.4, 0.5) is 4.79 Å². The fraction of sp³-hybridized carbons (Fsp3) is 0.353. The molecule has 114 valence electrons. The van der Waals surface area contributed by atoms with Crippen molar-refractivity contribution in [2.45, 2.75) is 33.8 Å². The van der Waals surface area contributed by atoms with Crippen LogP contribution in [0.3, 0.4) is 0 Å². The van der Waals surface area contributed by atoms with E-state index in [0.29, 0.717) is 6.54 Å². The van der Waals surface area contributed by atoms with E-state index in [1.54, 1.807) is 6.26 Å². The molecule has 2 aromatic rings. The average molecular weight is 289 g/mol. The maximum atomic E-state index is 11.2. The minimum atomic E-state index is -0.402. The molecule has 0 radical (unpaired) electrons. The number of nitrogens with one attached hydrogen (secondary N) is 1. The fourth-order valence-corrected chi connectivity index (χ4v) is 1.60. The molecule has 2 rings (SSSR count). The van der Waals surface area contributed by atoms with Crippen molar-refractivity contribution in [3.63, 3.8) is 0 Å². The number of amides is 1. The summed E-state index contributed by atoms with van der Waals surface area (Å²) in [7, 11) is 0. The van der Waals surface area contributed by atoms with Crippen LogP contribution in [0.15, 0.2) is 47.1 Å². The van der Waals surface area contributed by atoms with Crippen molar-refractivity contribution in [2.24, 2.45) is 0 Å². The second kappa shape index (κ2) is 9.64. The highest BCUT2D eigenvalue weighted by molar-refractivity contribution is 5.67. The maximum Gasteiger partial charge on any atom is 0.407 e. The Morgan fingerprint density at radius 3 is 2.57 bits per heavy atom. The maximum absolute atomic E-state index is 11.2. The number of alkyl carbamates (subject to hydrolysis) is 1. The predicted octanol–water partition coefficient (Wildman–Crippen LogP) is 4.61. The molecular weight excluding hydrogens is 266 g/mol. The third-order valence-electron chi connectivity index (χ3n) is 2.42. The summed E-state index contributed by atoms with van der Waals surface area (Å²) in [6.45, 7) is 6.91. The Labute approximate surface area is 126 Å². The zero-order valence-corrected chi connectivity index (χ0v) is 12.9. The van der Waals surface area contributed by atoms with Crippen LogP contribution >= 0.6 is 0 Å². The molecule has 0 unspecified atom stereocenters. The Kier molecular flexibility index (Phi) is 7.72. The van der Waals surface area contributed by atoms with E-state index in [4.69, 9.17) is 9.15 Å². The van der Waals surface area contributed by atoms with Gasteiger partial charge in [-0.15, -0.1) is 0 Å². The first-order chi connectivity index (χ1) is 10.2. The van der Waals surface area contributed by atoms with Gasteiger partial charge >= 0.3 is 6.09 Å². The van der Waals surface area contributed by atoms with Crippen LogP contribution in [0.5, 0.6) is 0 Å². The lowest BCUT2D eigenvalue weighted by Crippen LogP contribution is -2.23. The molecule has 0 fully saturated rings. The minimum absolute atomic E-state index is 0.250. The van der Waals surface area contributed by atoms with E-state index >= 15 is 0 Å². The summed E-state index contributed by atoms with van der Waals surface area (Å²) >= 11 is 0. The van der Waals surface area contributed by atoms with E-state index in [9.17, 15) is 4.79 Å². The molecule has 0 aliphatic heterocycles. The second-order valence-corrected chi connectivity index (χ2v) is 4.49. The summed E-state index contributed by atoms with van der Waals surface area (Å²) in [6.07, 6.45) is 2.48. The lowest BCUT2D eigenvalue weighted by atomic mass is 10.1. The molecule has 0 atom stereocenters. The summed E-state index contributed by atoms with van der Waals surface area (Å²) in [4.78, 5) is 11.2. The summed E-state index contributed by atoms with van der Waals surface area (Å²) in [5, 5.41) is 2.58. The zero-order chi connectivity index (χ0) is 15.5. The van der Waals surface area contributed by atoms with Gasteiger partial charge in [-0.25, -0.2) is 4.79 Å². The largest absolute Gasteiger partial charge is 0.464 e. The van der Waals surface area contributed by atoms with E-state index in [-0.39, 0.29) is 6.61 Å². The molecule has 0 saturated carbocycles. The quantitative estimate of drug-likeness (QED) is 0.894. The van der Waals surface area contributed by atoms with Crippen molar-refractivity contribution in [2.75, 3.05) is 6.54 Å². The molecule has 0 spiro atoms. The fourth-order valence-electron chi connectivity index (χ4n) is 1.60. The Morgan fingerprint density at radius 1 is 1.19 bits per heavy atom. The first-order valence-electron chi connectivity index (χ1n) is 7.24. The van der Waals surface area contributed by atoms with Gasteiger partial charge in [0, 0.05) is 12.1 Å². The SMILES string of the molecule is CCC.CCNC(=O)OCc1cccc(-c2ccco2)c1. The standard InChI is InChI=1S/C14H15NO3.C3H8/c1-2-15-14(16)18-10-11-5-3-6-12(9-11)13-7-4-8-17-13;1-3-2/h3-9H,2,10H2,1H3,(H,15,16);3H2,1-2H3. The van der Waals surface area contributed by atoms with Gasteiger partial charge in [0.2, 0.25) is 0 Å². The van der Waals surface area contributed by atoms with Crippen molar-refractivity contribution < 1.29 is 13.9 Å². The van der Waals surface area contributed by atoms with Gasteiger partial charge in [-0.2, -0.15) is 0 Å². The third-order valence-corrected chi connectivity index (χ3v) is 2.42. The number of furan rings is 1. The molecule has 0 bridgehead atoms. The number of hydrogen-bond donors (Lipinski definition) is 1. The molecule has 1 heterocycles. The molecule has 1 amide bonds. The second-order valence-electron chi connectivity index (χ2n) is 4.49. The van der Waals surface area contributed by atoms with E-state index in [0.717, 1.165) is 16.9 Å². The molecule has 4 heteroatoms. The van der Waals surface area contributed by atoms with E-state index in [2.05, 4.69) is 19.2 Å². The van der Waals surface area contributed by atoms with Crippen LogP contribution in [0, 0.1) is 0 Å². The number of carbonyl (C=O) groups is 1. The zero-order valence-electron chi connectivity index (χ0n) is 12.9. The summed E-state index contributed by atoms with van der Waals surface area (Å²) in [6, 6.07) is 11.4. The van der Waals surface area contributed by atoms with Crippen LogP contribution < -0.4 is 5.32 Å². The van der Waals surface area contributed by atoms with Gasteiger partial charge < -0.3 is 14.5 Å². The van der Waals surface area contributed by atoms with Crippen LogP contribution in [-0.4, -0.2) is 12.6 Å². The van der Waals surface area contributed by atoms with Gasteiger partial charge in [0.1, 0.15) is 12.4 Å². The highest BCUT2D eigenvalue weighted by Gasteiger charge is 2.04. The van der Waals surface area contributed by atoms with E-state index in [1.165, 1.54) is 6.42 Å². The molecule has 1 aromatic carbocycles. The normalized spacial score (nSPS) is 9.48. The summed E-state index contributed by atoms with van der Waals surface area (Å²) < 4.78 is 10.4. The number of hydrogen-bond acceptors (Lipinski definition) is 3. The molecule has 0 saturated heterocycles. The van der Waals surface area contributed by atoms with Gasteiger partial charge in [0.25, 0.3) is 0 Å². The van der Waals surface area contributed by atoms with Gasteiger partial charge in [-0.3, -0.25) is 0 Å². The average Bonchev–Trinajstić information content (AvgIpc) is 3.01. The van der Waals surface area contributed by atoms with Gasteiger partial charge in [-0.05, 0) is 30.7 Å². The number of carbonyl (C=O) groups excluding carboxylic acids is 1. The smallest absolute Gasteiger partial charge is 0.407 e. The Hall–Kier alpha value is -2.23. The van der Waals surface area contributed by atoms with Crippen molar-refractivity contribution in [1.29, 1.82) is 0 Å². The monoisotopic (exact) mass is 289 g/mol. The first-order valence-corrected chi connectivity index (χ1v) is 7.24. The van der Waals surface area contributed by atoms with Gasteiger partial charge in [0.05, 0.1) is 6.26 Å². The molecule has 0 aliphatic carbocycles. The van der Waals surface area contributed by atoms with Crippen LogP contribution in [0.2, 0.25) is 0 Å². The van der Waals surface area contributed by atoms with Crippen LogP contribution in [0.1, 0.15) is 32.8 Å². The van der Waals surface area contributed by atoms with Crippen LogP contribution in [-0.2, 0) is 11.3 Å². The van der Waals surface area contributed by atoms with Crippen LogP contribution in [0.25, 0.3) is 11.3 Å². The highest BCUT2D eigenvalue weighted by Crippen LogP contribution is 2.20. The number of benzene rings is 1. The number of ether oxygens (including phenoxy) is 1. The minimum Gasteiger partial charge on any atom is -0.464 e. The van der Waals surface area contributed by atoms with Gasteiger partial charge in [0.15, 0.2) is 0 Å². The Morgan fingerprint density at radius 2 is 1.95 bits per heavy atom. The van der Waals surface area contributed by atoms with Crippen molar-refractivity contribution >= 4 is 6.09 Å². The van der Waals surface area contributed by atoms with E-state index < -0.39 is 6.09 Å². The lowest BCUT2D eigenvalue weighted by Gasteiger charge is -2.06. The van der Waals surface area contributed by atoms with Gasteiger partial charge in [-0.1, -0.05) is 38.5 Å². The molecule has 1 N–H and O–H groups in total. The molecule has 4 nitrogen and oxygen atoms in total. The molecule has 21 heavy (non-hydrogen) atoms. The topological polar surface area (TPSA) is 51.5 Å². The lowest BCUT2D eigenvalue weighted by molar-refractivity contribution is 0.140. The Bertz CT molecular complexity index is 521. The highest BCUT2D eigenvalue weighted by atomic mass is 16.5. The third kappa shape index (κ3) is 6.17. The molecule has 1 aromatic heterocycles. The summed E-state index contributed by atoms with van der Waals surface area (Å²) in [5.41, 5.74) is 1.90. The van der Waals surface area contributed by atoms with E-state index in [1.807, 2.05) is 43.3 Å². The molecule has 0 aliphatic rings. The molecular formula is C17H23NO3.